The Bertz CT molecular complexity index is 564. The van der Waals surface area contributed by atoms with E-state index in [4.69, 9.17) is 26.6 Å². The van der Waals surface area contributed by atoms with Crippen LogP contribution in [0.4, 0.5) is 5.82 Å². The normalized spacial score (nSPS) is 14.7. The lowest BCUT2D eigenvalue weighted by molar-refractivity contribution is 0.300. The van der Waals surface area contributed by atoms with Gasteiger partial charge in [0, 0.05) is 16.7 Å². The predicted octanol–water partition coefficient (Wildman–Crippen LogP) is 3.37. The van der Waals surface area contributed by atoms with Gasteiger partial charge in [-0.15, -0.1) is 0 Å². The zero-order valence-electron chi connectivity index (χ0n) is 9.73. The van der Waals surface area contributed by atoms with Crippen molar-refractivity contribution in [1.82, 2.24) is 5.16 Å². The highest BCUT2D eigenvalue weighted by Gasteiger charge is 2.22. The molecule has 1 aliphatic rings. The summed E-state index contributed by atoms with van der Waals surface area (Å²) in [5.74, 6) is 2.39. The Labute approximate surface area is 110 Å². The maximum Gasteiger partial charge on any atom is 0.169 e. The number of rotatable bonds is 4. The highest BCUT2D eigenvalue weighted by Crippen LogP contribution is 2.32. The molecule has 94 valence electrons. The summed E-state index contributed by atoms with van der Waals surface area (Å²) >= 11 is 6.06. The third-order valence-corrected chi connectivity index (χ3v) is 3.09. The van der Waals surface area contributed by atoms with Crippen LogP contribution in [0.5, 0.6) is 5.75 Å². The van der Waals surface area contributed by atoms with E-state index >= 15 is 0 Å². The van der Waals surface area contributed by atoms with Crippen molar-refractivity contribution in [2.24, 2.45) is 5.92 Å². The summed E-state index contributed by atoms with van der Waals surface area (Å²) in [6.07, 6.45) is 2.51. The van der Waals surface area contributed by atoms with Crippen LogP contribution in [0.3, 0.4) is 0 Å². The van der Waals surface area contributed by atoms with E-state index in [0.717, 1.165) is 17.9 Å². The number of nitrogens with two attached hydrogens (primary N) is 1. The molecule has 1 fully saturated rings. The molecule has 0 saturated heterocycles. The average molecular weight is 265 g/mol. The fourth-order valence-electron chi connectivity index (χ4n) is 1.71. The molecule has 1 aliphatic carbocycles. The number of nitrogens with zero attached hydrogens (tertiary/aromatic N) is 1. The zero-order chi connectivity index (χ0) is 12.5. The molecule has 18 heavy (non-hydrogen) atoms. The first-order valence-corrected chi connectivity index (χ1v) is 6.24. The van der Waals surface area contributed by atoms with E-state index in [0.29, 0.717) is 22.5 Å². The molecule has 0 radical (unpaired) electrons. The minimum atomic E-state index is 0.352. The topological polar surface area (TPSA) is 61.3 Å². The second kappa shape index (κ2) is 4.53. The molecule has 1 aromatic heterocycles. The maximum absolute atomic E-state index is 6.06. The highest BCUT2D eigenvalue weighted by molar-refractivity contribution is 6.31. The van der Waals surface area contributed by atoms with Crippen molar-refractivity contribution in [2.45, 2.75) is 12.8 Å². The third-order valence-electron chi connectivity index (χ3n) is 2.87. The van der Waals surface area contributed by atoms with Gasteiger partial charge in [-0.05, 0) is 37.0 Å². The summed E-state index contributed by atoms with van der Waals surface area (Å²) in [7, 11) is 0. The molecule has 0 bridgehead atoms. The summed E-state index contributed by atoms with van der Waals surface area (Å²) in [5, 5.41) is 4.26. The van der Waals surface area contributed by atoms with Crippen LogP contribution < -0.4 is 10.5 Å². The Balaban J connectivity index is 1.84. The Hall–Kier alpha value is -1.68. The van der Waals surface area contributed by atoms with Gasteiger partial charge in [0.1, 0.15) is 5.75 Å². The maximum atomic E-state index is 6.06. The quantitative estimate of drug-likeness (QED) is 0.920. The van der Waals surface area contributed by atoms with Gasteiger partial charge in [-0.1, -0.05) is 16.8 Å². The molecule has 1 aromatic carbocycles. The summed E-state index contributed by atoms with van der Waals surface area (Å²) in [4.78, 5) is 0. The fourth-order valence-corrected chi connectivity index (χ4v) is 1.94. The van der Waals surface area contributed by atoms with E-state index in [2.05, 4.69) is 5.16 Å². The monoisotopic (exact) mass is 264 g/mol. The molecule has 0 spiro atoms. The zero-order valence-corrected chi connectivity index (χ0v) is 10.5. The summed E-state index contributed by atoms with van der Waals surface area (Å²) < 4.78 is 10.8. The van der Waals surface area contributed by atoms with Gasteiger partial charge in [0.15, 0.2) is 11.6 Å². The largest absolute Gasteiger partial charge is 0.493 e. The lowest BCUT2D eigenvalue weighted by Crippen LogP contribution is -1.98. The molecule has 0 aliphatic heterocycles. The molecule has 3 rings (SSSR count). The summed E-state index contributed by atoms with van der Waals surface area (Å²) in [6.45, 7) is 0.748. The Morgan fingerprint density at radius 2 is 2.17 bits per heavy atom. The van der Waals surface area contributed by atoms with E-state index in [1.807, 2.05) is 6.07 Å². The fraction of sp³-hybridized carbons (Fsp3) is 0.308. The molecule has 0 amide bonds. The smallest absolute Gasteiger partial charge is 0.169 e. The Kier molecular flexibility index (Phi) is 2.88. The number of anilines is 1. The number of hydrogen-bond donors (Lipinski definition) is 1. The van der Waals surface area contributed by atoms with Crippen molar-refractivity contribution in [1.29, 1.82) is 0 Å². The Morgan fingerprint density at radius 1 is 1.33 bits per heavy atom. The van der Waals surface area contributed by atoms with Gasteiger partial charge < -0.3 is 15.0 Å². The number of aromatic nitrogens is 1. The van der Waals surface area contributed by atoms with E-state index in [1.165, 1.54) is 12.8 Å². The van der Waals surface area contributed by atoms with Gasteiger partial charge in [0.2, 0.25) is 0 Å². The van der Waals surface area contributed by atoms with Gasteiger partial charge in [-0.25, -0.2) is 0 Å². The number of nitrogen functional groups attached to an aromatic ring is 1. The lowest BCUT2D eigenvalue weighted by Gasteiger charge is -2.07. The molecule has 1 saturated carbocycles. The number of benzene rings is 1. The third kappa shape index (κ3) is 2.59. The van der Waals surface area contributed by atoms with E-state index in [-0.39, 0.29) is 0 Å². The van der Waals surface area contributed by atoms with Gasteiger partial charge in [-0.2, -0.15) is 0 Å². The first kappa shape index (κ1) is 11.4. The average Bonchev–Trinajstić information content (AvgIpc) is 3.07. The van der Waals surface area contributed by atoms with E-state index in [9.17, 15) is 0 Å². The molecule has 5 heteroatoms. The van der Waals surface area contributed by atoms with Crippen molar-refractivity contribution < 1.29 is 9.26 Å². The standard InChI is InChI=1S/C13H13ClN2O2/c14-10-3-9(12-6-13(15)16-18-12)4-11(5-10)17-7-8-1-2-8/h3-6,8H,1-2,7H2,(H2,15,16). The van der Waals surface area contributed by atoms with Crippen LogP contribution in [0.25, 0.3) is 11.3 Å². The van der Waals surface area contributed by atoms with Gasteiger partial charge in [0.05, 0.1) is 6.61 Å². The van der Waals surface area contributed by atoms with E-state index in [1.54, 1.807) is 18.2 Å². The molecule has 0 atom stereocenters. The van der Waals surface area contributed by atoms with Crippen LogP contribution in [0.15, 0.2) is 28.8 Å². The van der Waals surface area contributed by atoms with Crippen LogP contribution in [-0.2, 0) is 0 Å². The first-order valence-electron chi connectivity index (χ1n) is 5.86. The first-order chi connectivity index (χ1) is 8.70. The summed E-state index contributed by atoms with van der Waals surface area (Å²) in [6, 6.07) is 7.14. The Morgan fingerprint density at radius 3 is 2.83 bits per heavy atom. The molecular formula is C13H13ClN2O2. The molecule has 0 unspecified atom stereocenters. The summed E-state index contributed by atoms with van der Waals surface area (Å²) in [5.41, 5.74) is 6.35. The van der Waals surface area contributed by atoms with Crippen molar-refractivity contribution in [3.8, 4) is 17.1 Å². The number of halogens is 1. The van der Waals surface area contributed by atoms with Crippen LogP contribution in [0, 0.1) is 5.92 Å². The van der Waals surface area contributed by atoms with Crippen molar-refractivity contribution in [3.63, 3.8) is 0 Å². The van der Waals surface area contributed by atoms with Crippen LogP contribution >= 0.6 is 11.6 Å². The number of ether oxygens (including phenoxy) is 1. The predicted molar refractivity (Wildman–Crippen MR) is 69.6 cm³/mol. The molecule has 4 nitrogen and oxygen atoms in total. The van der Waals surface area contributed by atoms with Gasteiger partial charge in [0.25, 0.3) is 0 Å². The van der Waals surface area contributed by atoms with Crippen molar-refractivity contribution >= 4 is 17.4 Å². The molecule has 2 N–H and O–H groups in total. The minimum absolute atomic E-state index is 0.352. The van der Waals surface area contributed by atoms with Gasteiger partial charge >= 0.3 is 0 Å². The van der Waals surface area contributed by atoms with Crippen LogP contribution in [0.2, 0.25) is 5.02 Å². The lowest BCUT2D eigenvalue weighted by atomic mass is 10.1. The van der Waals surface area contributed by atoms with E-state index < -0.39 is 0 Å². The minimum Gasteiger partial charge on any atom is -0.493 e. The second-order valence-electron chi connectivity index (χ2n) is 4.55. The van der Waals surface area contributed by atoms with Crippen molar-refractivity contribution in [3.05, 3.63) is 29.3 Å². The van der Waals surface area contributed by atoms with Crippen LogP contribution in [0.1, 0.15) is 12.8 Å². The molecule has 2 aromatic rings. The SMILES string of the molecule is Nc1cc(-c2cc(Cl)cc(OCC3CC3)c2)on1. The molecule has 1 heterocycles. The van der Waals surface area contributed by atoms with Gasteiger partial charge in [-0.3, -0.25) is 0 Å². The number of hydrogen-bond acceptors (Lipinski definition) is 4. The second-order valence-corrected chi connectivity index (χ2v) is 4.98. The van der Waals surface area contributed by atoms with Crippen LogP contribution in [-0.4, -0.2) is 11.8 Å². The highest BCUT2D eigenvalue weighted by atomic mass is 35.5. The van der Waals surface area contributed by atoms with Crippen molar-refractivity contribution in [2.75, 3.05) is 12.3 Å². The molecular weight excluding hydrogens is 252 g/mol.